The van der Waals surface area contributed by atoms with Gasteiger partial charge in [0.15, 0.2) is 0 Å². The van der Waals surface area contributed by atoms with Gasteiger partial charge in [-0.15, -0.1) is 0 Å². The maximum absolute atomic E-state index is 11.6. The molecule has 1 fully saturated rings. The summed E-state index contributed by atoms with van der Waals surface area (Å²) in [7, 11) is 0. The van der Waals surface area contributed by atoms with Crippen LogP contribution in [0.4, 0.5) is 0 Å². The van der Waals surface area contributed by atoms with Crippen LogP contribution in [-0.4, -0.2) is 18.1 Å². The van der Waals surface area contributed by atoms with Crippen molar-refractivity contribution in [3.63, 3.8) is 0 Å². The fourth-order valence-corrected chi connectivity index (χ4v) is 2.18. The minimum atomic E-state index is -0.874. The summed E-state index contributed by atoms with van der Waals surface area (Å²) in [5.74, 6) is -0.347. The highest BCUT2D eigenvalue weighted by Gasteiger charge is 2.59. The molecule has 0 bridgehead atoms. The lowest BCUT2D eigenvalue weighted by atomic mass is 10.1. The van der Waals surface area contributed by atoms with Gasteiger partial charge in [-0.05, 0) is 25.0 Å². The molecule has 2 rings (SSSR count). The number of nitrogens with two attached hydrogens (primary N) is 1. The molecule has 0 radical (unpaired) electrons. The van der Waals surface area contributed by atoms with E-state index in [9.17, 15) is 4.79 Å². The van der Waals surface area contributed by atoms with Crippen molar-refractivity contribution >= 4 is 17.6 Å². The van der Waals surface area contributed by atoms with Gasteiger partial charge in [0.2, 0.25) is 0 Å². The first kappa shape index (κ1) is 11.4. The fraction of sp³-hybridized carbons (Fsp3) is 0.417. The molecule has 4 heteroatoms. The topological polar surface area (TPSA) is 52.3 Å². The molecular weight excluding hydrogens is 226 g/mol. The van der Waals surface area contributed by atoms with E-state index in [0.717, 1.165) is 5.56 Å². The normalized spacial score (nSPS) is 27.6. The third-order valence-electron chi connectivity index (χ3n) is 2.94. The lowest BCUT2D eigenvalue weighted by Crippen LogP contribution is -2.36. The quantitative estimate of drug-likeness (QED) is 0.822. The molecule has 2 N–H and O–H groups in total. The van der Waals surface area contributed by atoms with Crippen LogP contribution in [0.25, 0.3) is 0 Å². The Morgan fingerprint density at radius 2 is 2.31 bits per heavy atom. The molecule has 2 unspecified atom stereocenters. The molecule has 0 heterocycles. The largest absolute Gasteiger partial charge is 0.465 e. The highest BCUT2D eigenvalue weighted by Crippen LogP contribution is 2.51. The van der Waals surface area contributed by atoms with Crippen LogP contribution in [0.3, 0.4) is 0 Å². The molecule has 86 valence electrons. The minimum absolute atomic E-state index is 0.0137. The van der Waals surface area contributed by atoms with Crippen molar-refractivity contribution in [2.45, 2.75) is 24.8 Å². The van der Waals surface area contributed by atoms with Gasteiger partial charge in [-0.2, -0.15) is 0 Å². The molecule has 0 aromatic heterocycles. The Balaban J connectivity index is 2.17. The van der Waals surface area contributed by atoms with Crippen molar-refractivity contribution in [2.75, 3.05) is 6.61 Å². The number of benzene rings is 1. The zero-order valence-corrected chi connectivity index (χ0v) is 9.83. The molecule has 0 spiro atoms. The van der Waals surface area contributed by atoms with E-state index < -0.39 is 5.54 Å². The van der Waals surface area contributed by atoms with Gasteiger partial charge in [0.25, 0.3) is 0 Å². The number of hydrogen-bond donors (Lipinski definition) is 1. The summed E-state index contributed by atoms with van der Waals surface area (Å²) < 4.78 is 4.95. The summed E-state index contributed by atoms with van der Waals surface area (Å²) in [6, 6.07) is 7.46. The molecule has 16 heavy (non-hydrogen) atoms. The fourth-order valence-electron chi connectivity index (χ4n) is 1.92. The van der Waals surface area contributed by atoms with Crippen LogP contribution in [0.5, 0.6) is 0 Å². The average Bonchev–Trinajstić information content (AvgIpc) is 2.93. The van der Waals surface area contributed by atoms with Gasteiger partial charge in [0.1, 0.15) is 5.54 Å². The standard InChI is InChI=1S/C12H14ClNO2/c1-2-16-11(15)12(14)7-9(12)8-5-3-4-6-10(8)13/h3-6,9H,2,7,14H2,1H3. The number of carbonyl (C=O) groups excluding carboxylic acids is 1. The Labute approximate surface area is 99.5 Å². The monoisotopic (exact) mass is 239 g/mol. The van der Waals surface area contributed by atoms with Gasteiger partial charge in [-0.1, -0.05) is 29.8 Å². The van der Waals surface area contributed by atoms with Crippen molar-refractivity contribution in [2.24, 2.45) is 5.73 Å². The van der Waals surface area contributed by atoms with E-state index in [2.05, 4.69) is 0 Å². The van der Waals surface area contributed by atoms with Gasteiger partial charge in [-0.25, -0.2) is 0 Å². The van der Waals surface area contributed by atoms with E-state index in [-0.39, 0.29) is 11.9 Å². The first-order valence-electron chi connectivity index (χ1n) is 5.30. The Morgan fingerprint density at radius 1 is 1.62 bits per heavy atom. The Kier molecular flexibility index (Phi) is 2.91. The zero-order chi connectivity index (χ0) is 11.8. The van der Waals surface area contributed by atoms with Crippen molar-refractivity contribution in [3.8, 4) is 0 Å². The maximum Gasteiger partial charge on any atom is 0.326 e. The average molecular weight is 240 g/mol. The first-order chi connectivity index (χ1) is 7.59. The van der Waals surface area contributed by atoms with E-state index in [4.69, 9.17) is 22.1 Å². The molecule has 0 aliphatic heterocycles. The lowest BCUT2D eigenvalue weighted by molar-refractivity contribution is -0.145. The molecule has 1 aromatic rings. The SMILES string of the molecule is CCOC(=O)C1(N)CC1c1ccccc1Cl. The van der Waals surface area contributed by atoms with Crippen molar-refractivity contribution in [1.82, 2.24) is 0 Å². The molecule has 1 aliphatic rings. The van der Waals surface area contributed by atoms with E-state index in [1.807, 2.05) is 18.2 Å². The summed E-state index contributed by atoms with van der Waals surface area (Å²) in [5, 5.41) is 0.657. The highest BCUT2D eigenvalue weighted by molar-refractivity contribution is 6.31. The summed E-state index contributed by atoms with van der Waals surface area (Å²) >= 11 is 6.06. The maximum atomic E-state index is 11.6. The Hall–Kier alpha value is -1.06. The lowest BCUT2D eigenvalue weighted by Gasteiger charge is -2.11. The number of esters is 1. The Morgan fingerprint density at radius 3 is 2.94 bits per heavy atom. The van der Waals surface area contributed by atoms with Crippen LogP contribution in [0.1, 0.15) is 24.8 Å². The van der Waals surface area contributed by atoms with E-state index >= 15 is 0 Å². The molecule has 0 amide bonds. The van der Waals surface area contributed by atoms with Crippen LogP contribution < -0.4 is 5.73 Å². The molecule has 1 aliphatic carbocycles. The summed E-state index contributed by atoms with van der Waals surface area (Å²) in [5.41, 5.74) is 6.04. The number of hydrogen-bond acceptors (Lipinski definition) is 3. The van der Waals surface area contributed by atoms with Gasteiger partial charge in [0.05, 0.1) is 6.61 Å². The molecule has 2 atom stereocenters. The third kappa shape index (κ3) is 1.81. The first-order valence-corrected chi connectivity index (χ1v) is 5.68. The van der Waals surface area contributed by atoms with Crippen LogP contribution >= 0.6 is 11.6 Å². The van der Waals surface area contributed by atoms with E-state index in [0.29, 0.717) is 18.1 Å². The van der Waals surface area contributed by atoms with Gasteiger partial charge in [-0.3, -0.25) is 4.79 Å². The van der Waals surface area contributed by atoms with E-state index in [1.54, 1.807) is 13.0 Å². The van der Waals surface area contributed by atoms with Crippen LogP contribution in [0.15, 0.2) is 24.3 Å². The number of ether oxygens (including phenoxy) is 1. The predicted molar refractivity (Wildman–Crippen MR) is 62.4 cm³/mol. The predicted octanol–water partition coefficient (Wildman–Crippen LogP) is 2.09. The van der Waals surface area contributed by atoms with Crippen molar-refractivity contribution < 1.29 is 9.53 Å². The summed E-state index contributed by atoms with van der Waals surface area (Å²) in [6.45, 7) is 2.13. The molecular formula is C12H14ClNO2. The molecule has 3 nitrogen and oxygen atoms in total. The van der Waals surface area contributed by atoms with Gasteiger partial charge >= 0.3 is 5.97 Å². The number of carbonyl (C=O) groups is 1. The molecule has 0 saturated heterocycles. The Bertz CT molecular complexity index is 421. The zero-order valence-electron chi connectivity index (χ0n) is 9.07. The van der Waals surface area contributed by atoms with Crippen molar-refractivity contribution in [1.29, 1.82) is 0 Å². The summed E-state index contributed by atoms with van der Waals surface area (Å²) in [6.07, 6.45) is 0.607. The smallest absolute Gasteiger partial charge is 0.326 e. The van der Waals surface area contributed by atoms with Crippen LogP contribution in [0, 0.1) is 0 Å². The van der Waals surface area contributed by atoms with E-state index in [1.165, 1.54) is 0 Å². The highest BCUT2D eigenvalue weighted by atomic mass is 35.5. The second-order valence-corrected chi connectivity index (χ2v) is 4.45. The van der Waals surface area contributed by atoms with Crippen LogP contribution in [0.2, 0.25) is 5.02 Å². The second kappa shape index (κ2) is 4.07. The summed E-state index contributed by atoms with van der Waals surface area (Å²) in [4.78, 5) is 11.6. The number of rotatable bonds is 3. The van der Waals surface area contributed by atoms with Gasteiger partial charge in [0, 0.05) is 10.9 Å². The third-order valence-corrected chi connectivity index (χ3v) is 3.28. The minimum Gasteiger partial charge on any atom is -0.465 e. The van der Waals surface area contributed by atoms with Crippen LogP contribution in [-0.2, 0) is 9.53 Å². The van der Waals surface area contributed by atoms with Crippen molar-refractivity contribution in [3.05, 3.63) is 34.9 Å². The molecule has 1 aromatic carbocycles. The number of halogens is 1. The second-order valence-electron chi connectivity index (χ2n) is 4.04. The van der Waals surface area contributed by atoms with Gasteiger partial charge < -0.3 is 10.5 Å². The molecule has 1 saturated carbocycles.